The monoisotopic (exact) mass is 530 g/mol. The largest absolute Gasteiger partial charge is 0.457 e. The number of carbonyl (C=O) groups excluding carboxylic acids is 3. The summed E-state index contributed by atoms with van der Waals surface area (Å²) in [4.78, 5) is 46.3. The van der Waals surface area contributed by atoms with Crippen LogP contribution in [0.15, 0.2) is 65.9 Å². The van der Waals surface area contributed by atoms with Crippen molar-refractivity contribution in [3.63, 3.8) is 0 Å². The number of ether oxygens (including phenoxy) is 1. The fraction of sp³-hybridized carbons (Fsp3) is 0.452. The van der Waals surface area contributed by atoms with E-state index in [1.807, 2.05) is 80.3 Å². The van der Waals surface area contributed by atoms with Crippen LogP contribution in [-0.2, 0) is 9.59 Å². The minimum atomic E-state index is -0.633. The van der Waals surface area contributed by atoms with Crippen molar-refractivity contribution in [1.82, 2.24) is 20.0 Å². The van der Waals surface area contributed by atoms with Gasteiger partial charge in [-0.25, -0.2) is 4.79 Å². The van der Waals surface area contributed by atoms with Crippen molar-refractivity contribution < 1.29 is 19.1 Å². The maximum Gasteiger partial charge on any atom is 0.322 e. The topological polar surface area (TPSA) is 82.2 Å². The van der Waals surface area contributed by atoms with Crippen molar-refractivity contribution in [1.29, 1.82) is 0 Å². The molecule has 5 rings (SSSR count). The molecule has 2 aromatic rings. The third-order valence-corrected chi connectivity index (χ3v) is 8.05. The number of piperidine rings is 1. The first-order valence-electron chi connectivity index (χ1n) is 14.0. The van der Waals surface area contributed by atoms with Crippen LogP contribution in [0.25, 0.3) is 0 Å². The number of likely N-dealkylation sites (tertiary alicyclic amines) is 1. The molecule has 2 atom stereocenters. The van der Waals surface area contributed by atoms with Crippen molar-refractivity contribution in [2.75, 3.05) is 26.2 Å². The van der Waals surface area contributed by atoms with Gasteiger partial charge < -0.3 is 19.9 Å². The summed E-state index contributed by atoms with van der Waals surface area (Å²) in [5.41, 5.74) is 1.96. The molecule has 3 aliphatic rings. The molecule has 0 aromatic heterocycles. The van der Waals surface area contributed by atoms with Gasteiger partial charge >= 0.3 is 6.03 Å². The van der Waals surface area contributed by atoms with Crippen molar-refractivity contribution in [3.8, 4) is 11.5 Å². The van der Waals surface area contributed by atoms with Crippen molar-refractivity contribution in [2.24, 2.45) is 11.8 Å². The number of amides is 4. The fourth-order valence-corrected chi connectivity index (χ4v) is 5.90. The lowest BCUT2D eigenvalue weighted by Gasteiger charge is -2.38. The van der Waals surface area contributed by atoms with E-state index in [2.05, 4.69) is 12.2 Å². The number of hydrogen-bond donors (Lipinski definition) is 1. The number of para-hydroxylation sites is 1. The minimum absolute atomic E-state index is 0.00207. The second kappa shape index (κ2) is 11.1. The standard InChI is InChI=1S/C31H38N4O4/c1-5-34-25-19-35(28(20(2)3)30(37)33-16-14-21(4)15-17-33)29(36)26(25)27(32-31(34)38)22-10-9-13-24(18-22)39-23-11-7-6-8-12-23/h6-13,18,20-21,27-28H,5,14-17,19H2,1-4H3,(H,32,38)/t27-,28+/m1/s1. The highest BCUT2D eigenvalue weighted by atomic mass is 16.5. The Morgan fingerprint density at radius 3 is 2.38 bits per heavy atom. The van der Waals surface area contributed by atoms with E-state index in [4.69, 9.17) is 4.74 Å². The van der Waals surface area contributed by atoms with E-state index in [1.54, 1.807) is 9.80 Å². The molecular weight excluding hydrogens is 492 g/mol. The predicted octanol–water partition coefficient (Wildman–Crippen LogP) is 4.94. The molecule has 0 aliphatic carbocycles. The first-order valence-corrected chi connectivity index (χ1v) is 14.0. The molecule has 0 unspecified atom stereocenters. The van der Waals surface area contributed by atoms with Crippen LogP contribution in [0, 0.1) is 11.8 Å². The highest BCUT2D eigenvalue weighted by molar-refractivity contribution is 6.03. The molecule has 1 saturated heterocycles. The van der Waals surface area contributed by atoms with E-state index in [0.717, 1.165) is 31.5 Å². The van der Waals surface area contributed by atoms with Crippen molar-refractivity contribution >= 4 is 17.8 Å². The summed E-state index contributed by atoms with van der Waals surface area (Å²) in [6, 6.07) is 15.5. The summed E-state index contributed by atoms with van der Waals surface area (Å²) < 4.78 is 6.03. The fourth-order valence-electron chi connectivity index (χ4n) is 5.90. The SMILES string of the molecule is CCN1C(=O)N[C@H](c2cccc(Oc3ccccc3)c2)C2=C1CN([C@H](C(=O)N1CCC(C)CC1)C(C)C)C2=O. The van der Waals surface area contributed by atoms with Crippen LogP contribution in [0.2, 0.25) is 0 Å². The molecule has 8 nitrogen and oxygen atoms in total. The Labute approximate surface area is 230 Å². The van der Waals surface area contributed by atoms with Crippen molar-refractivity contribution in [3.05, 3.63) is 71.4 Å². The summed E-state index contributed by atoms with van der Waals surface area (Å²) in [7, 11) is 0. The quantitative estimate of drug-likeness (QED) is 0.550. The molecule has 4 amide bonds. The number of nitrogens with zero attached hydrogens (tertiary/aromatic N) is 3. The number of nitrogens with one attached hydrogen (secondary N) is 1. The van der Waals surface area contributed by atoms with Gasteiger partial charge in [0.15, 0.2) is 0 Å². The zero-order valence-corrected chi connectivity index (χ0v) is 23.2. The van der Waals surface area contributed by atoms with Crippen LogP contribution in [-0.4, -0.2) is 64.8 Å². The normalized spacial score (nSPS) is 20.8. The molecule has 3 aliphatic heterocycles. The summed E-state index contributed by atoms with van der Waals surface area (Å²) in [5.74, 6) is 1.66. The third kappa shape index (κ3) is 5.24. The Hall–Kier alpha value is -3.81. The Morgan fingerprint density at radius 2 is 1.72 bits per heavy atom. The van der Waals surface area contributed by atoms with Crippen LogP contribution in [0.4, 0.5) is 4.79 Å². The van der Waals surface area contributed by atoms with Crippen molar-refractivity contribution in [2.45, 2.75) is 52.6 Å². The van der Waals surface area contributed by atoms with Gasteiger partial charge in [-0.1, -0.05) is 51.1 Å². The van der Waals surface area contributed by atoms with E-state index < -0.39 is 12.1 Å². The highest BCUT2D eigenvalue weighted by Gasteiger charge is 2.48. The molecule has 1 N–H and O–H groups in total. The van der Waals surface area contributed by atoms with Gasteiger partial charge in [-0.05, 0) is 61.4 Å². The Balaban J connectivity index is 1.46. The first kappa shape index (κ1) is 26.8. The van der Waals surface area contributed by atoms with Crippen LogP contribution < -0.4 is 10.1 Å². The second-order valence-electron chi connectivity index (χ2n) is 11.1. The summed E-state index contributed by atoms with van der Waals surface area (Å²) in [6.45, 7) is 10.2. The van der Waals surface area contributed by atoms with Gasteiger partial charge in [0.1, 0.15) is 17.5 Å². The van der Waals surface area contributed by atoms with Gasteiger partial charge in [0, 0.05) is 19.6 Å². The van der Waals surface area contributed by atoms with Crippen LogP contribution >= 0.6 is 0 Å². The van der Waals surface area contributed by atoms with Gasteiger partial charge in [-0.15, -0.1) is 0 Å². The maximum atomic E-state index is 14.1. The number of benzene rings is 2. The van der Waals surface area contributed by atoms with Gasteiger partial charge in [-0.2, -0.15) is 0 Å². The van der Waals surface area contributed by atoms with Gasteiger partial charge in [0.2, 0.25) is 5.91 Å². The van der Waals surface area contributed by atoms with E-state index >= 15 is 0 Å². The average Bonchev–Trinajstić information content (AvgIpc) is 3.25. The van der Waals surface area contributed by atoms with Gasteiger partial charge in [0.25, 0.3) is 5.91 Å². The molecule has 0 bridgehead atoms. The molecule has 8 heteroatoms. The first-order chi connectivity index (χ1) is 18.8. The molecule has 0 spiro atoms. The van der Waals surface area contributed by atoms with Gasteiger partial charge in [-0.3, -0.25) is 14.5 Å². The molecular formula is C31H38N4O4. The lowest BCUT2D eigenvalue weighted by molar-refractivity contribution is -0.145. The molecule has 0 saturated carbocycles. The number of rotatable bonds is 7. The Morgan fingerprint density at radius 1 is 1.03 bits per heavy atom. The van der Waals surface area contributed by atoms with E-state index in [-0.39, 0.29) is 30.3 Å². The molecule has 3 heterocycles. The molecule has 1 fully saturated rings. The summed E-state index contributed by atoms with van der Waals surface area (Å²) in [6.07, 6.45) is 1.95. The minimum Gasteiger partial charge on any atom is -0.457 e. The molecule has 2 aromatic carbocycles. The highest BCUT2D eigenvalue weighted by Crippen LogP contribution is 2.39. The smallest absolute Gasteiger partial charge is 0.322 e. The van der Waals surface area contributed by atoms with Crippen LogP contribution in [0.1, 0.15) is 52.1 Å². The van der Waals surface area contributed by atoms with E-state index in [0.29, 0.717) is 35.2 Å². The van der Waals surface area contributed by atoms with Crippen LogP contribution in [0.3, 0.4) is 0 Å². The lowest BCUT2D eigenvalue weighted by Crippen LogP contribution is -2.54. The summed E-state index contributed by atoms with van der Waals surface area (Å²) >= 11 is 0. The zero-order valence-electron chi connectivity index (χ0n) is 23.2. The summed E-state index contributed by atoms with van der Waals surface area (Å²) in [5, 5.41) is 3.04. The predicted molar refractivity (Wildman–Crippen MR) is 149 cm³/mol. The Bertz CT molecular complexity index is 1270. The molecule has 206 valence electrons. The van der Waals surface area contributed by atoms with E-state index in [1.165, 1.54) is 0 Å². The van der Waals surface area contributed by atoms with Gasteiger partial charge in [0.05, 0.1) is 23.9 Å². The zero-order chi connectivity index (χ0) is 27.7. The second-order valence-corrected chi connectivity index (χ2v) is 11.1. The van der Waals surface area contributed by atoms with E-state index in [9.17, 15) is 14.4 Å². The third-order valence-electron chi connectivity index (χ3n) is 8.05. The average molecular weight is 531 g/mol. The molecule has 0 radical (unpaired) electrons. The lowest BCUT2D eigenvalue weighted by atomic mass is 9.94. The van der Waals surface area contributed by atoms with Crippen LogP contribution in [0.5, 0.6) is 11.5 Å². The maximum absolute atomic E-state index is 14.1. The Kier molecular flexibility index (Phi) is 7.64. The number of carbonyl (C=O) groups is 3. The molecule has 39 heavy (non-hydrogen) atoms. The number of likely N-dealkylation sites (N-methyl/N-ethyl adjacent to an activating group) is 1. The number of urea groups is 1. The number of hydrogen-bond acceptors (Lipinski definition) is 4.